The fourth-order valence-electron chi connectivity index (χ4n) is 2.69. The molecule has 1 aromatic carbocycles. The lowest BCUT2D eigenvalue weighted by atomic mass is 10.2. The number of thioether (sulfide) groups is 1. The number of rotatable bonds is 2. The van der Waals surface area contributed by atoms with Gasteiger partial charge in [-0.25, -0.2) is 8.42 Å². The lowest BCUT2D eigenvalue weighted by Crippen LogP contribution is -2.37. The summed E-state index contributed by atoms with van der Waals surface area (Å²) in [6.07, 6.45) is 0. The maximum atomic E-state index is 12.0. The van der Waals surface area contributed by atoms with E-state index in [0.717, 1.165) is 10.2 Å². The van der Waals surface area contributed by atoms with Gasteiger partial charge in [-0.15, -0.1) is 0 Å². The zero-order valence-electron chi connectivity index (χ0n) is 12.8. The van der Waals surface area contributed by atoms with Crippen LogP contribution in [0.15, 0.2) is 33.7 Å². The number of hydrogen-bond acceptors (Lipinski definition) is 4. The minimum Gasteiger partial charge on any atom is -0.316 e. The fourth-order valence-corrected chi connectivity index (χ4v) is 6.88. The van der Waals surface area contributed by atoms with Crippen LogP contribution in [-0.2, 0) is 14.6 Å². The number of carbonyl (C=O) groups is 1. The summed E-state index contributed by atoms with van der Waals surface area (Å²) in [5.74, 6) is -0.114. The van der Waals surface area contributed by atoms with Gasteiger partial charge in [0.15, 0.2) is 15.0 Å². The Balaban J connectivity index is 2.00. The molecule has 2 saturated heterocycles. The average Bonchev–Trinajstić information content (AvgIpc) is 2.91. The van der Waals surface area contributed by atoms with Crippen molar-refractivity contribution in [3.05, 3.63) is 28.7 Å². The first-order valence-electron chi connectivity index (χ1n) is 7.31. The molecule has 1 amide bonds. The summed E-state index contributed by atoms with van der Waals surface area (Å²) in [7, 11) is -3.03. The Morgan fingerprint density at radius 1 is 1.30 bits per heavy atom. The number of hydrogen-bond donors (Lipinski definition) is 0. The smallest absolute Gasteiger partial charge is 0.250 e. The van der Waals surface area contributed by atoms with Crippen molar-refractivity contribution in [3.63, 3.8) is 0 Å². The van der Waals surface area contributed by atoms with Crippen molar-refractivity contribution in [1.29, 1.82) is 0 Å². The zero-order valence-corrected chi connectivity index (χ0v) is 16.0. The summed E-state index contributed by atoms with van der Waals surface area (Å²) >= 11 is 4.80. The maximum absolute atomic E-state index is 12.0. The summed E-state index contributed by atoms with van der Waals surface area (Å²) in [6, 6.07) is 7.46. The van der Waals surface area contributed by atoms with E-state index < -0.39 is 9.84 Å². The maximum Gasteiger partial charge on any atom is 0.250 e. The minimum absolute atomic E-state index is 0.0673. The monoisotopic (exact) mass is 416 g/mol. The van der Waals surface area contributed by atoms with E-state index >= 15 is 0 Å². The molecule has 2 fully saturated rings. The number of amidine groups is 1. The van der Waals surface area contributed by atoms with Gasteiger partial charge in [0.2, 0.25) is 0 Å². The molecule has 0 bridgehead atoms. The number of amides is 1. The van der Waals surface area contributed by atoms with Crippen LogP contribution in [0.3, 0.4) is 0 Å². The van der Waals surface area contributed by atoms with E-state index in [1.54, 1.807) is 13.8 Å². The van der Waals surface area contributed by atoms with Gasteiger partial charge in [0, 0.05) is 21.3 Å². The van der Waals surface area contributed by atoms with Gasteiger partial charge in [0.1, 0.15) is 0 Å². The van der Waals surface area contributed by atoms with Gasteiger partial charge in [-0.1, -0.05) is 41.5 Å². The molecule has 5 nitrogen and oxygen atoms in total. The van der Waals surface area contributed by atoms with Crippen LogP contribution in [-0.4, -0.2) is 42.3 Å². The Bertz CT molecular complexity index is 759. The molecule has 1 aromatic rings. The van der Waals surface area contributed by atoms with E-state index in [0.29, 0.717) is 5.17 Å². The summed E-state index contributed by atoms with van der Waals surface area (Å²) in [4.78, 5) is 18.2. The molecule has 8 heteroatoms. The van der Waals surface area contributed by atoms with Crippen molar-refractivity contribution in [2.45, 2.75) is 25.1 Å². The van der Waals surface area contributed by atoms with Crippen LogP contribution in [0.1, 0.15) is 13.8 Å². The number of benzene rings is 1. The van der Waals surface area contributed by atoms with Crippen molar-refractivity contribution in [2.24, 2.45) is 10.9 Å². The van der Waals surface area contributed by atoms with Gasteiger partial charge in [0.25, 0.3) is 5.91 Å². The van der Waals surface area contributed by atoms with E-state index in [4.69, 9.17) is 0 Å². The largest absolute Gasteiger partial charge is 0.316 e. The number of fused-ring (bicyclic) bond motifs is 1. The van der Waals surface area contributed by atoms with Gasteiger partial charge < -0.3 is 4.90 Å². The number of aliphatic imine (C=N–C) groups is 1. The van der Waals surface area contributed by atoms with E-state index in [1.807, 2.05) is 29.2 Å². The quantitative estimate of drug-likeness (QED) is 0.741. The number of nitrogens with zero attached hydrogens (tertiary/aromatic N) is 2. The van der Waals surface area contributed by atoms with Gasteiger partial charge in [0.05, 0.1) is 17.5 Å². The van der Waals surface area contributed by atoms with Gasteiger partial charge in [-0.05, 0) is 24.3 Å². The lowest BCUT2D eigenvalue weighted by Gasteiger charge is -2.24. The first kappa shape index (κ1) is 17.0. The molecular formula is C15H17BrN2O3S2. The average molecular weight is 417 g/mol. The summed E-state index contributed by atoms with van der Waals surface area (Å²) in [6.45, 7) is 3.61. The molecule has 3 rings (SSSR count). The summed E-state index contributed by atoms with van der Waals surface area (Å²) in [5, 5.41) is 0.540. The molecule has 0 aliphatic carbocycles. The van der Waals surface area contributed by atoms with Crippen LogP contribution in [0, 0.1) is 5.92 Å². The second kappa shape index (κ2) is 6.22. The topological polar surface area (TPSA) is 66.8 Å². The Labute approximate surface area is 148 Å². The van der Waals surface area contributed by atoms with Crippen molar-refractivity contribution < 1.29 is 13.2 Å². The fraction of sp³-hybridized carbons (Fsp3) is 0.467. The predicted octanol–water partition coefficient (Wildman–Crippen LogP) is 2.71. The highest BCUT2D eigenvalue weighted by molar-refractivity contribution is 9.10. The molecule has 124 valence electrons. The molecule has 0 unspecified atom stereocenters. The summed E-state index contributed by atoms with van der Waals surface area (Å²) in [5.41, 5.74) is 0.862. The highest BCUT2D eigenvalue weighted by Crippen LogP contribution is 2.41. The second-order valence-electron chi connectivity index (χ2n) is 6.03. The number of sulfone groups is 1. The van der Waals surface area contributed by atoms with Gasteiger partial charge in [-0.2, -0.15) is 4.99 Å². The first-order valence-corrected chi connectivity index (χ1v) is 10.8. The minimum atomic E-state index is -3.03. The predicted molar refractivity (Wildman–Crippen MR) is 97.7 cm³/mol. The van der Waals surface area contributed by atoms with E-state index in [2.05, 4.69) is 20.9 Å². The molecule has 0 aromatic heterocycles. The number of carbonyl (C=O) groups excluding carboxylic acids is 1. The SMILES string of the molecule is CC(C)C(=O)N=C1S[C@H]2CS(=O)(=O)C[C@H]2N1c1ccc(Br)cc1. The lowest BCUT2D eigenvalue weighted by molar-refractivity contribution is -0.120. The van der Waals surface area contributed by atoms with Gasteiger partial charge in [-0.3, -0.25) is 4.79 Å². The van der Waals surface area contributed by atoms with Crippen LogP contribution in [0.5, 0.6) is 0 Å². The molecule has 0 spiro atoms. The third-order valence-corrected chi connectivity index (χ3v) is 7.61. The molecule has 2 heterocycles. The van der Waals surface area contributed by atoms with Crippen LogP contribution < -0.4 is 4.90 Å². The molecule has 2 atom stereocenters. The van der Waals surface area contributed by atoms with E-state index in [1.165, 1.54) is 11.8 Å². The van der Waals surface area contributed by atoms with Crippen LogP contribution in [0.25, 0.3) is 0 Å². The normalized spacial score (nSPS) is 27.7. The second-order valence-corrected chi connectivity index (χ2v) is 10.3. The number of halogens is 1. The van der Waals surface area contributed by atoms with E-state index in [9.17, 15) is 13.2 Å². The summed E-state index contributed by atoms with van der Waals surface area (Å²) < 4.78 is 24.9. The van der Waals surface area contributed by atoms with Crippen LogP contribution in [0.4, 0.5) is 5.69 Å². The van der Waals surface area contributed by atoms with Gasteiger partial charge >= 0.3 is 0 Å². The van der Waals surface area contributed by atoms with Crippen molar-refractivity contribution >= 4 is 54.3 Å². The Kier molecular flexibility index (Phi) is 4.59. The third-order valence-electron chi connectivity index (χ3n) is 3.87. The molecule has 23 heavy (non-hydrogen) atoms. The molecule has 2 aliphatic heterocycles. The van der Waals surface area contributed by atoms with Crippen molar-refractivity contribution in [2.75, 3.05) is 16.4 Å². The first-order chi connectivity index (χ1) is 10.8. The molecule has 0 N–H and O–H groups in total. The van der Waals surface area contributed by atoms with Crippen molar-refractivity contribution in [3.8, 4) is 0 Å². The molecule has 0 saturated carbocycles. The standard InChI is InChI=1S/C15H17BrN2O3S2/c1-9(2)14(19)17-15-18(11-5-3-10(16)4-6-11)12-7-23(20,21)8-13(12)22-15/h3-6,9,12-13H,7-8H2,1-2H3/t12-,13+/m1/s1. The van der Waals surface area contributed by atoms with Crippen LogP contribution >= 0.6 is 27.7 Å². The van der Waals surface area contributed by atoms with Crippen molar-refractivity contribution in [1.82, 2.24) is 0 Å². The molecule has 2 aliphatic rings. The highest BCUT2D eigenvalue weighted by Gasteiger charge is 2.49. The number of anilines is 1. The molecular weight excluding hydrogens is 400 g/mol. The highest BCUT2D eigenvalue weighted by atomic mass is 79.9. The zero-order chi connectivity index (χ0) is 16.8. The Morgan fingerprint density at radius 2 is 1.96 bits per heavy atom. The van der Waals surface area contributed by atoms with Crippen LogP contribution in [0.2, 0.25) is 0 Å². The Hall–Kier alpha value is -0.860. The molecule has 0 radical (unpaired) electrons. The Morgan fingerprint density at radius 3 is 2.57 bits per heavy atom. The third kappa shape index (κ3) is 3.49. The van der Waals surface area contributed by atoms with E-state index in [-0.39, 0.29) is 34.6 Å².